The van der Waals surface area contributed by atoms with Gasteiger partial charge in [-0.2, -0.15) is 0 Å². The number of hydrogen-bond acceptors (Lipinski definition) is 4. The van der Waals surface area contributed by atoms with Gasteiger partial charge in [-0.25, -0.2) is 15.2 Å². The molecule has 0 saturated carbocycles. The first-order chi connectivity index (χ1) is 7.57. The van der Waals surface area contributed by atoms with Crippen LogP contribution in [-0.4, -0.2) is 41.8 Å². The molecule has 7 nitrogen and oxygen atoms in total. The number of rotatable bonds is 9. The number of nitrogens with one attached hydrogen (secondary N) is 1. The average Bonchev–Trinajstić information content (AvgIpc) is 2.21. The molecule has 7 heteroatoms. The van der Waals surface area contributed by atoms with E-state index in [1.807, 2.05) is 0 Å². The predicted molar refractivity (Wildman–Crippen MR) is 59.5 cm³/mol. The maximum absolute atomic E-state index is 10.8. The Labute approximate surface area is 94.7 Å². The Bertz CT molecular complexity index is 223. The lowest BCUT2D eigenvalue weighted by molar-refractivity contribution is -0.118. The molecule has 0 rings (SSSR count). The third-order valence-corrected chi connectivity index (χ3v) is 1.97. The number of nitrogens with two attached hydrogens (primary N) is 2. The van der Waals surface area contributed by atoms with Crippen molar-refractivity contribution in [2.24, 2.45) is 11.5 Å². The molecule has 6 N–H and O–H groups in total. The van der Waals surface area contributed by atoms with Gasteiger partial charge in [-0.3, -0.25) is 4.79 Å². The zero-order chi connectivity index (χ0) is 12.4. The second kappa shape index (κ2) is 8.93. The van der Waals surface area contributed by atoms with Crippen LogP contribution in [0.1, 0.15) is 25.7 Å². The summed E-state index contributed by atoms with van der Waals surface area (Å²) in [4.78, 5) is 21.2. The van der Waals surface area contributed by atoms with E-state index in [-0.39, 0.29) is 12.3 Å². The molecule has 16 heavy (non-hydrogen) atoms. The summed E-state index contributed by atoms with van der Waals surface area (Å²) in [6, 6.07) is 0. The van der Waals surface area contributed by atoms with Gasteiger partial charge in [0.1, 0.15) is 0 Å². The molecular formula is C9H20N4O3. The Morgan fingerprint density at radius 2 is 1.94 bits per heavy atom. The molecule has 94 valence electrons. The van der Waals surface area contributed by atoms with Crippen LogP contribution in [0.4, 0.5) is 4.79 Å². The van der Waals surface area contributed by atoms with E-state index in [0.717, 1.165) is 5.01 Å². The normalized spacial score (nSPS) is 10.1. The van der Waals surface area contributed by atoms with E-state index < -0.39 is 6.09 Å². The molecule has 0 spiro atoms. The average molecular weight is 232 g/mol. The predicted octanol–water partition coefficient (Wildman–Crippen LogP) is -0.525. The first kappa shape index (κ1) is 14.7. The number of nitrogens with zero attached hydrogens (tertiary/aromatic N) is 1. The van der Waals surface area contributed by atoms with Gasteiger partial charge in [0.15, 0.2) is 0 Å². The number of amides is 2. The molecule has 0 aliphatic rings. The van der Waals surface area contributed by atoms with Crippen LogP contribution in [0, 0.1) is 0 Å². The summed E-state index contributed by atoms with van der Waals surface area (Å²) in [7, 11) is 0. The van der Waals surface area contributed by atoms with Gasteiger partial charge >= 0.3 is 6.09 Å². The summed E-state index contributed by atoms with van der Waals surface area (Å²) in [5.74, 6) is -0.363. The molecule has 0 aromatic heterocycles. The highest BCUT2D eigenvalue weighted by molar-refractivity contribution is 5.73. The van der Waals surface area contributed by atoms with Crippen molar-refractivity contribution in [3.63, 3.8) is 0 Å². The minimum absolute atomic E-state index is 0.288. The van der Waals surface area contributed by atoms with Crippen LogP contribution in [0.25, 0.3) is 0 Å². The van der Waals surface area contributed by atoms with Crippen LogP contribution >= 0.6 is 0 Å². The molecule has 0 aromatic carbocycles. The Morgan fingerprint density at radius 1 is 1.25 bits per heavy atom. The molecule has 0 aliphatic carbocycles. The van der Waals surface area contributed by atoms with E-state index in [4.69, 9.17) is 16.6 Å². The molecular weight excluding hydrogens is 212 g/mol. The number of unbranched alkanes of at least 4 members (excludes halogenated alkanes) is 1. The monoisotopic (exact) mass is 232 g/mol. The zero-order valence-electron chi connectivity index (χ0n) is 9.32. The van der Waals surface area contributed by atoms with Gasteiger partial charge in [0.2, 0.25) is 5.91 Å². The van der Waals surface area contributed by atoms with E-state index >= 15 is 0 Å². The molecule has 0 heterocycles. The largest absolute Gasteiger partial charge is 0.464 e. The molecule has 2 amide bonds. The number of hydrogen-bond donors (Lipinski definition) is 4. The van der Waals surface area contributed by atoms with Crippen LogP contribution in [0.5, 0.6) is 0 Å². The maximum atomic E-state index is 10.8. The van der Waals surface area contributed by atoms with Crippen molar-refractivity contribution in [1.29, 1.82) is 0 Å². The number of carbonyl (C=O) groups is 2. The lowest BCUT2D eigenvalue weighted by atomic mass is 10.2. The van der Waals surface area contributed by atoms with E-state index in [1.165, 1.54) is 0 Å². The third-order valence-electron chi connectivity index (χ3n) is 1.97. The van der Waals surface area contributed by atoms with Crippen molar-refractivity contribution < 1.29 is 14.7 Å². The highest BCUT2D eigenvalue weighted by atomic mass is 16.4. The van der Waals surface area contributed by atoms with Gasteiger partial charge in [0.25, 0.3) is 0 Å². The Balaban J connectivity index is 3.68. The van der Waals surface area contributed by atoms with Gasteiger partial charge in [-0.05, 0) is 25.8 Å². The maximum Gasteiger partial charge on any atom is 0.421 e. The van der Waals surface area contributed by atoms with Crippen LogP contribution in [0.2, 0.25) is 0 Å². The van der Waals surface area contributed by atoms with Crippen LogP contribution < -0.4 is 16.9 Å². The molecule has 0 unspecified atom stereocenters. The molecule has 0 bridgehead atoms. The minimum Gasteiger partial charge on any atom is -0.464 e. The van der Waals surface area contributed by atoms with Crippen molar-refractivity contribution in [3.8, 4) is 0 Å². The number of primary amides is 1. The standard InChI is InChI=1S/C9H20N4O3/c10-5-3-6-12-13(9(15)16)7-2-1-4-8(11)14/h12H,1-7,10H2,(H2,11,14)(H,15,16). The third kappa shape index (κ3) is 8.01. The quantitative estimate of drug-likeness (QED) is 0.314. The Kier molecular flexibility index (Phi) is 8.18. The van der Waals surface area contributed by atoms with Crippen LogP contribution in [0.15, 0.2) is 0 Å². The van der Waals surface area contributed by atoms with Gasteiger partial charge in [-0.1, -0.05) is 0 Å². The summed E-state index contributed by atoms with van der Waals surface area (Å²) in [6.07, 6.45) is 1.17. The Hall–Kier alpha value is -1.34. The minimum atomic E-state index is -1.03. The lowest BCUT2D eigenvalue weighted by Crippen LogP contribution is -2.43. The highest BCUT2D eigenvalue weighted by Crippen LogP contribution is 1.97. The van der Waals surface area contributed by atoms with Gasteiger partial charge in [-0.15, -0.1) is 0 Å². The summed E-state index contributed by atoms with van der Waals surface area (Å²) in [5, 5.41) is 9.93. The number of carbonyl (C=O) groups excluding carboxylic acids is 1. The SMILES string of the molecule is NCCCNN(CCCCC(N)=O)C(=O)O. The smallest absolute Gasteiger partial charge is 0.421 e. The first-order valence-electron chi connectivity index (χ1n) is 5.30. The fourth-order valence-corrected chi connectivity index (χ4v) is 1.13. The van der Waals surface area contributed by atoms with Crippen molar-refractivity contribution in [1.82, 2.24) is 10.4 Å². The van der Waals surface area contributed by atoms with Gasteiger partial charge in [0.05, 0.1) is 0 Å². The molecule has 0 atom stereocenters. The number of carboxylic acid groups (broad SMARTS) is 1. The summed E-state index contributed by atoms with van der Waals surface area (Å²) in [5.41, 5.74) is 13.0. The summed E-state index contributed by atoms with van der Waals surface area (Å²) < 4.78 is 0. The molecule has 0 radical (unpaired) electrons. The molecule has 0 saturated heterocycles. The summed E-state index contributed by atoms with van der Waals surface area (Å²) >= 11 is 0. The van der Waals surface area contributed by atoms with Crippen LogP contribution in [-0.2, 0) is 4.79 Å². The lowest BCUT2D eigenvalue weighted by Gasteiger charge is -2.19. The van der Waals surface area contributed by atoms with E-state index in [2.05, 4.69) is 5.43 Å². The van der Waals surface area contributed by atoms with Crippen molar-refractivity contribution >= 4 is 12.0 Å². The van der Waals surface area contributed by atoms with Crippen molar-refractivity contribution in [3.05, 3.63) is 0 Å². The second-order valence-corrected chi connectivity index (χ2v) is 3.41. The topological polar surface area (TPSA) is 122 Å². The second-order valence-electron chi connectivity index (χ2n) is 3.41. The van der Waals surface area contributed by atoms with E-state index in [9.17, 15) is 9.59 Å². The van der Waals surface area contributed by atoms with E-state index in [1.54, 1.807) is 0 Å². The van der Waals surface area contributed by atoms with Crippen LogP contribution in [0.3, 0.4) is 0 Å². The number of hydrazine groups is 1. The van der Waals surface area contributed by atoms with Gasteiger partial charge < -0.3 is 16.6 Å². The van der Waals surface area contributed by atoms with Crippen molar-refractivity contribution in [2.45, 2.75) is 25.7 Å². The van der Waals surface area contributed by atoms with E-state index in [0.29, 0.717) is 38.9 Å². The zero-order valence-corrected chi connectivity index (χ0v) is 9.32. The fraction of sp³-hybridized carbons (Fsp3) is 0.778. The first-order valence-corrected chi connectivity index (χ1v) is 5.30. The highest BCUT2D eigenvalue weighted by Gasteiger charge is 2.09. The van der Waals surface area contributed by atoms with Crippen molar-refractivity contribution in [2.75, 3.05) is 19.6 Å². The molecule has 0 fully saturated rings. The summed E-state index contributed by atoms with van der Waals surface area (Å²) in [6.45, 7) is 1.38. The molecule has 0 aromatic rings. The Morgan fingerprint density at radius 3 is 2.44 bits per heavy atom. The fourth-order valence-electron chi connectivity index (χ4n) is 1.13. The molecule has 0 aliphatic heterocycles. The van der Waals surface area contributed by atoms with Gasteiger partial charge in [0, 0.05) is 19.5 Å².